The van der Waals surface area contributed by atoms with Gasteiger partial charge in [-0.05, 0) is 42.0 Å². The molecule has 32 heavy (non-hydrogen) atoms. The van der Waals surface area contributed by atoms with E-state index in [4.69, 9.17) is 10.5 Å². The fourth-order valence-electron chi connectivity index (χ4n) is 4.09. The predicted molar refractivity (Wildman–Crippen MR) is 112 cm³/mol. The van der Waals surface area contributed by atoms with Crippen molar-refractivity contribution in [1.82, 2.24) is 0 Å². The molecule has 2 aliphatic rings. The van der Waals surface area contributed by atoms with Crippen molar-refractivity contribution >= 4 is 15.5 Å². The van der Waals surface area contributed by atoms with Crippen LogP contribution in [0.4, 0.5) is 18.9 Å². The number of alkyl halides is 3. The van der Waals surface area contributed by atoms with Crippen molar-refractivity contribution in [3.63, 3.8) is 0 Å². The Hall–Kier alpha value is -3.45. The van der Waals surface area contributed by atoms with E-state index in [0.717, 1.165) is 12.1 Å². The highest BCUT2D eigenvalue weighted by Gasteiger charge is 2.45. The first kappa shape index (κ1) is 21.8. The molecule has 0 aliphatic carbocycles. The van der Waals surface area contributed by atoms with Crippen molar-refractivity contribution in [3.8, 4) is 11.8 Å². The summed E-state index contributed by atoms with van der Waals surface area (Å²) in [4.78, 5) is 1.53. The van der Waals surface area contributed by atoms with Crippen LogP contribution in [-0.2, 0) is 16.0 Å². The number of nitrogens with zero attached hydrogens (tertiary/aromatic N) is 2. The Balaban J connectivity index is 1.90. The average Bonchev–Trinajstić information content (AvgIpc) is 3.07. The van der Waals surface area contributed by atoms with E-state index in [-0.39, 0.29) is 34.0 Å². The lowest BCUT2D eigenvalue weighted by molar-refractivity contribution is -0.137. The number of halogens is 3. The quantitative estimate of drug-likeness (QED) is 0.741. The summed E-state index contributed by atoms with van der Waals surface area (Å²) >= 11 is 0. The largest absolute Gasteiger partial charge is 0.497 e. The monoisotopic (exact) mass is 461 g/mol. The normalized spacial score (nSPS) is 20.2. The highest BCUT2D eigenvalue weighted by Crippen LogP contribution is 2.49. The lowest BCUT2D eigenvalue weighted by atomic mass is 9.86. The number of anilines is 1. The molecule has 0 radical (unpaired) electrons. The lowest BCUT2D eigenvalue weighted by Crippen LogP contribution is -2.34. The van der Waals surface area contributed by atoms with Gasteiger partial charge in [-0.2, -0.15) is 18.4 Å². The van der Waals surface area contributed by atoms with Crippen LogP contribution < -0.4 is 15.4 Å². The number of benzene rings is 2. The van der Waals surface area contributed by atoms with Crippen molar-refractivity contribution < 1.29 is 26.3 Å². The Morgan fingerprint density at radius 1 is 1.12 bits per heavy atom. The molecule has 2 aliphatic heterocycles. The third kappa shape index (κ3) is 3.48. The maximum atomic E-state index is 13.0. The zero-order chi connectivity index (χ0) is 23.3. The fraction of sp³-hybridized carbons (Fsp3) is 0.227. The van der Waals surface area contributed by atoms with Gasteiger partial charge >= 0.3 is 6.18 Å². The van der Waals surface area contributed by atoms with Gasteiger partial charge in [-0.3, -0.25) is 4.90 Å². The first-order valence-corrected chi connectivity index (χ1v) is 11.2. The number of nitrogens with two attached hydrogens (primary N) is 1. The van der Waals surface area contributed by atoms with Crippen molar-refractivity contribution in [1.29, 1.82) is 5.26 Å². The molecule has 2 aromatic rings. The van der Waals surface area contributed by atoms with Crippen LogP contribution in [0.1, 0.15) is 23.5 Å². The Morgan fingerprint density at radius 2 is 1.75 bits per heavy atom. The Kier molecular flexibility index (Phi) is 5.17. The molecule has 0 amide bonds. The summed E-state index contributed by atoms with van der Waals surface area (Å²) < 4.78 is 70.1. The first-order chi connectivity index (χ1) is 15.1. The van der Waals surface area contributed by atoms with Gasteiger partial charge in [0.25, 0.3) is 0 Å². The first-order valence-electron chi connectivity index (χ1n) is 9.55. The molecule has 0 spiro atoms. The van der Waals surface area contributed by atoms with Crippen LogP contribution in [0.15, 0.2) is 70.5 Å². The molecule has 1 atom stereocenters. The number of allylic oxidation sites excluding steroid dienone is 3. The van der Waals surface area contributed by atoms with Gasteiger partial charge < -0.3 is 10.5 Å². The van der Waals surface area contributed by atoms with E-state index in [0.29, 0.717) is 17.1 Å². The Morgan fingerprint density at radius 3 is 2.28 bits per heavy atom. The molecule has 0 fully saturated rings. The molecule has 4 rings (SSSR count). The smallest absolute Gasteiger partial charge is 0.416 e. The molecular weight excluding hydrogens is 443 g/mol. The minimum absolute atomic E-state index is 0.00109. The van der Waals surface area contributed by atoms with Gasteiger partial charge in [0.05, 0.1) is 40.9 Å². The topological polar surface area (TPSA) is 96.4 Å². The Labute approximate surface area is 182 Å². The maximum Gasteiger partial charge on any atom is 0.416 e. The molecule has 0 saturated carbocycles. The van der Waals surface area contributed by atoms with Crippen molar-refractivity contribution in [2.45, 2.75) is 18.5 Å². The summed E-state index contributed by atoms with van der Waals surface area (Å²) in [7, 11) is -2.24. The summed E-state index contributed by atoms with van der Waals surface area (Å²) in [6, 6.07) is 12.9. The van der Waals surface area contributed by atoms with Crippen LogP contribution in [0.2, 0.25) is 0 Å². The number of sulfone groups is 1. The standard InChI is InChI=1S/C22H18F3N3O3S/c1-31-16-8-6-15(7-9-16)28-18-10-11-32(29,30)20(18)19(17(12-26)21(28)27)13-2-4-14(5-3-13)22(23,24)25/h2-9,19H,10-11,27H2,1H3/t19-/m1/s1. The van der Waals surface area contributed by atoms with Crippen molar-refractivity contribution in [2.24, 2.45) is 5.73 Å². The van der Waals surface area contributed by atoms with Crippen LogP contribution >= 0.6 is 0 Å². The van der Waals surface area contributed by atoms with E-state index >= 15 is 0 Å². The minimum atomic E-state index is -4.53. The molecule has 0 saturated heterocycles. The highest BCUT2D eigenvalue weighted by atomic mass is 32.2. The summed E-state index contributed by atoms with van der Waals surface area (Å²) in [5.41, 5.74) is 6.66. The molecular formula is C22H18F3N3O3S. The lowest BCUT2D eigenvalue weighted by Gasteiger charge is -2.35. The minimum Gasteiger partial charge on any atom is -0.497 e. The summed E-state index contributed by atoms with van der Waals surface area (Å²) in [6.07, 6.45) is -4.37. The second-order valence-electron chi connectivity index (χ2n) is 7.38. The van der Waals surface area contributed by atoms with E-state index < -0.39 is 27.5 Å². The summed E-state index contributed by atoms with van der Waals surface area (Å²) in [5.74, 6) is -0.615. The zero-order valence-electron chi connectivity index (χ0n) is 16.8. The zero-order valence-corrected chi connectivity index (χ0v) is 17.7. The van der Waals surface area contributed by atoms with Crippen LogP contribution in [0, 0.1) is 11.3 Å². The molecule has 2 N–H and O–H groups in total. The van der Waals surface area contributed by atoms with Gasteiger partial charge in [0.15, 0.2) is 9.84 Å². The van der Waals surface area contributed by atoms with Gasteiger partial charge in [-0.25, -0.2) is 8.42 Å². The molecule has 2 heterocycles. The van der Waals surface area contributed by atoms with Gasteiger partial charge in [-0.1, -0.05) is 12.1 Å². The number of rotatable bonds is 3. The third-order valence-corrected chi connectivity index (χ3v) is 7.47. The van der Waals surface area contributed by atoms with Crippen molar-refractivity contribution in [2.75, 3.05) is 17.8 Å². The van der Waals surface area contributed by atoms with Gasteiger partial charge in [-0.15, -0.1) is 0 Å². The number of nitriles is 1. The molecule has 2 aromatic carbocycles. The van der Waals surface area contributed by atoms with Crippen molar-refractivity contribution in [3.05, 3.63) is 81.7 Å². The van der Waals surface area contributed by atoms with Crippen LogP contribution in [-0.4, -0.2) is 21.3 Å². The number of hydrogen-bond acceptors (Lipinski definition) is 6. The Bertz CT molecular complexity index is 1270. The highest BCUT2D eigenvalue weighted by molar-refractivity contribution is 7.95. The van der Waals surface area contributed by atoms with Gasteiger partial charge in [0.1, 0.15) is 11.6 Å². The number of hydrogen-bond donors (Lipinski definition) is 1. The molecule has 166 valence electrons. The van der Waals surface area contributed by atoms with E-state index in [9.17, 15) is 26.9 Å². The third-order valence-electron chi connectivity index (χ3n) is 5.59. The molecule has 6 nitrogen and oxygen atoms in total. The maximum absolute atomic E-state index is 13.0. The van der Waals surface area contributed by atoms with E-state index in [1.54, 1.807) is 24.3 Å². The van der Waals surface area contributed by atoms with Crippen LogP contribution in [0.3, 0.4) is 0 Å². The molecule has 10 heteroatoms. The SMILES string of the molecule is COc1ccc(N2C(N)=C(C#N)[C@@H](c3ccc(C(F)(F)F)cc3)C3=C2CCS3(=O)=O)cc1. The second kappa shape index (κ2) is 7.60. The second-order valence-corrected chi connectivity index (χ2v) is 9.45. The fourth-order valence-corrected chi connectivity index (χ4v) is 5.93. The predicted octanol–water partition coefficient (Wildman–Crippen LogP) is 4.04. The van der Waals surface area contributed by atoms with E-state index in [1.165, 1.54) is 24.1 Å². The van der Waals surface area contributed by atoms with Gasteiger partial charge in [0.2, 0.25) is 0 Å². The molecule has 0 bridgehead atoms. The number of ether oxygens (including phenoxy) is 1. The number of methoxy groups -OCH3 is 1. The van der Waals surface area contributed by atoms with E-state index in [2.05, 4.69) is 0 Å². The van der Waals surface area contributed by atoms with E-state index in [1.807, 2.05) is 6.07 Å². The summed E-state index contributed by atoms with van der Waals surface area (Å²) in [6.45, 7) is 0. The molecule has 0 unspecified atom stereocenters. The molecule has 0 aromatic heterocycles. The summed E-state index contributed by atoms with van der Waals surface area (Å²) in [5, 5.41) is 9.88. The van der Waals surface area contributed by atoms with Crippen LogP contribution in [0.5, 0.6) is 5.75 Å². The van der Waals surface area contributed by atoms with Crippen LogP contribution in [0.25, 0.3) is 0 Å². The van der Waals surface area contributed by atoms with Gasteiger partial charge in [0, 0.05) is 17.8 Å². The average molecular weight is 461 g/mol.